The van der Waals surface area contributed by atoms with Gasteiger partial charge < -0.3 is 0 Å². The van der Waals surface area contributed by atoms with E-state index in [1.54, 1.807) is 24.3 Å². The van der Waals surface area contributed by atoms with Crippen molar-refractivity contribution < 1.29 is 16.8 Å². The second kappa shape index (κ2) is 8.34. The maximum absolute atomic E-state index is 13.1. The third-order valence-corrected chi connectivity index (χ3v) is 9.11. The van der Waals surface area contributed by atoms with E-state index in [1.165, 1.54) is 54.7 Å². The van der Waals surface area contributed by atoms with Crippen molar-refractivity contribution in [1.29, 1.82) is 0 Å². The first kappa shape index (κ1) is 20.4. The van der Waals surface area contributed by atoms with Gasteiger partial charge in [-0.25, -0.2) is 26.8 Å². The average Bonchev–Trinajstić information content (AvgIpc) is 2.70. The van der Waals surface area contributed by atoms with Gasteiger partial charge in [-0.15, -0.1) is 0 Å². The van der Waals surface area contributed by atoms with Gasteiger partial charge in [-0.1, -0.05) is 36.4 Å². The SMILES string of the molecule is O=S(=O)(c1ccccc1)C(C=Nc1ccc(Br)cn1)S(=O)(=O)c1ccccc1. The number of aliphatic imine (C=N–C) groups is 1. The first-order chi connectivity index (χ1) is 13.3. The second-order valence-corrected chi connectivity index (χ2v) is 11.0. The summed E-state index contributed by atoms with van der Waals surface area (Å²) in [6.45, 7) is 0. The molecule has 0 bridgehead atoms. The lowest BCUT2D eigenvalue weighted by Crippen LogP contribution is -2.32. The normalized spacial score (nSPS) is 12.5. The molecular formula is C19H15BrN2O4S2. The maximum Gasteiger partial charge on any atom is 0.206 e. The van der Waals surface area contributed by atoms with Crippen LogP contribution in [-0.4, -0.2) is 32.6 Å². The topological polar surface area (TPSA) is 93.5 Å². The summed E-state index contributed by atoms with van der Waals surface area (Å²) in [6.07, 6.45) is 2.40. The number of hydrogen-bond donors (Lipinski definition) is 0. The molecule has 3 aromatic rings. The van der Waals surface area contributed by atoms with E-state index in [1.807, 2.05) is 0 Å². The smallest absolute Gasteiger partial charge is 0.206 e. The van der Waals surface area contributed by atoms with Gasteiger partial charge in [-0.3, -0.25) is 0 Å². The second-order valence-electron chi connectivity index (χ2n) is 5.70. The lowest BCUT2D eigenvalue weighted by Gasteiger charge is -2.15. The minimum atomic E-state index is -4.26. The van der Waals surface area contributed by atoms with Crippen molar-refractivity contribution >= 4 is 47.6 Å². The number of pyridine rings is 1. The van der Waals surface area contributed by atoms with E-state index in [9.17, 15) is 16.8 Å². The van der Waals surface area contributed by atoms with Crippen molar-refractivity contribution in [3.05, 3.63) is 83.5 Å². The molecule has 0 fully saturated rings. The third-order valence-electron chi connectivity index (χ3n) is 3.80. The van der Waals surface area contributed by atoms with Crippen molar-refractivity contribution in [1.82, 2.24) is 4.98 Å². The highest BCUT2D eigenvalue weighted by Gasteiger charge is 2.38. The Morgan fingerprint density at radius 2 is 1.29 bits per heavy atom. The van der Waals surface area contributed by atoms with Crippen LogP contribution in [0.15, 0.2) is 98.2 Å². The number of halogens is 1. The quantitative estimate of drug-likeness (QED) is 0.501. The first-order valence-electron chi connectivity index (χ1n) is 8.05. The lowest BCUT2D eigenvalue weighted by molar-refractivity contribution is 0.584. The molecule has 6 nitrogen and oxygen atoms in total. The molecule has 1 heterocycles. The van der Waals surface area contributed by atoms with E-state index in [0.717, 1.165) is 10.7 Å². The largest absolute Gasteiger partial charge is 0.239 e. The zero-order chi connectivity index (χ0) is 20.2. The van der Waals surface area contributed by atoms with Crippen LogP contribution in [0.25, 0.3) is 0 Å². The fourth-order valence-electron chi connectivity index (χ4n) is 2.40. The van der Waals surface area contributed by atoms with Crippen LogP contribution >= 0.6 is 15.9 Å². The van der Waals surface area contributed by atoms with Gasteiger partial charge in [0.2, 0.25) is 24.3 Å². The minimum Gasteiger partial charge on any atom is -0.239 e. The van der Waals surface area contributed by atoms with E-state index in [4.69, 9.17) is 0 Å². The molecule has 144 valence electrons. The molecule has 3 rings (SSSR count). The van der Waals surface area contributed by atoms with Gasteiger partial charge in [0.05, 0.1) is 9.79 Å². The molecular weight excluding hydrogens is 464 g/mol. The van der Waals surface area contributed by atoms with Gasteiger partial charge in [-0.05, 0) is 52.3 Å². The van der Waals surface area contributed by atoms with Gasteiger partial charge in [0.25, 0.3) is 0 Å². The zero-order valence-electron chi connectivity index (χ0n) is 14.4. The number of benzene rings is 2. The molecule has 2 aromatic carbocycles. The first-order valence-corrected chi connectivity index (χ1v) is 11.9. The highest BCUT2D eigenvalue weighted by molar-refractivity contribution is 9.10. The van der Waals surface area contributed by atoms with Crippen LogP contribution in [0.5, 0.6) is 0 Å². The summed E-state index contributed by atoms with van der Waals surface area (Å²) in [5, 5.41) is 0. The van der Waals surface area contributed by atoms with Crippen molar-refractivity contribution in [3.63, 3.8) is 0 Å². The minimum absolute atomic E-state index is 0.102. The predicted octanol–water partition coefficient (Wildman–Crippen LogP) is 3.82. The number of aromatic nitrogens is 1. The highest BCUT2D eigenvalue weighted by atomic mass is 79.9. The fraction of sp³-hybridized carbons (Fsp3) is 0.0526. The molecule has 28 heavy (non-hydrogen) atoms. The van der Waals surface area contributed by atoms with Gasteiger partial charge in [0, 0.05) is 16.9 Å². The summed E-state index contributed by atoms with van der Waals surface area (Å²) in [6, 6.07) is 18.1. The van der Waals surface area contributed by atoms with Gasteiger partial charge in [-0.2, -0.15) is 0 Å². The van der Waals surface area contributed by atoms with Crippen LogP contribution in [0.4, 0.5) is 5.82 Å². The van der Waals surface area contributed by atoms with Crippen molar-refractivity contribution in [3.8, 4) is 0 Å². The summed E-state index contributed by atoms with van der Waals surface area (Å²) in [5.41, 5.74) is 0. The molecule has 1 aromatic heterocycles. The van der Waals surface area contributed by atoms with Crippen molar-refractivity contribution in [2.75, 3.05) is 0 Å². The van der Waals surface area contributed by atoms with Crippen LogP contribution in [0.2, 0.25) is 0 Å². The predicted molar refractivity (Wildman–Crippen MR) is 111 cm³/mol. The Bertz CT molecular complexity index is 1110. The molecule has 0 aliphatic carbocycles. The summed E-state index contributed by atoms with van der Waals surface area (Å²) in [7, 11) is -8.52. The number of sulfone groups is 2. The Labute approximate surface area is 172 Å². The molecule has 0 spiro atoms. The van der Waals surface area contributed by atoms with Crippen LogP contribution in [0.1, 0.15) is 0 Å². The molecule has 0 aliphatic rings. The van der Waals surface area contributed by atoms with Crippen LogP contribution in [-0.2, 0) is 19.7 Å². The number of hydrogen-bond acceptors (Lipinski definition) is 6. The lowest BCUT2D eigenvalue weighted by atomic mass is 10.4. The van der Waals surface area contributed by atoms with E-state index in [2.05, 4.69) is 25.9 Å². The van der Waals surface area contributed by atoms with E-state index >= 15 is 0 Å². The van der Waals surface area contributed by atoms with Crippen molar-refractivity contribution in [2.45, 2.75) is 14.4 Å². The fourth-order valence-corrected chi connectivity index (χ4v) is 6.68. The Morgan fingerprint density at radius 1 is 0.786 bits per heavy atom. The summed E-state index contributed by atoms with van der Waals surface area (Å²) in [4.78, 5) is 7.84. The third kappa shape index (κ3) is 4.37. The standard InChI is InChI=1S/C19H15BrN2O4S2/c20-15-11-12-18(21-13-15)22-14-19(27(23,24)16-7-3-1-4-8-16)28(25,26)17-9-5-2-6-10-17/h1-14,19H. The molecule has 0 atom stereocenters. The van der Waals surface area contributed by atoms with E-state index in [0.29, 0.717) is 0 Å². The molecule has 0 saturated carbocycles. The number of rotatable bonds is 6. The molecule has 0 N–H and O–H groups in total. The number of nitrogens with zero attached hydrogens (tertiary/aromatic N) is 2. The van der Waals surface area contributed by atoms with Gasteiger partial charge in [0.1, 0.15) is 0 Å². The van der Waals surface area contributed by atoms with E-state index < -0.39 is 24.3 Å². The molecule has 0 amide bonds. The highest BCUT2D eigenvalue weighted by Crippen LogP contribution is 2.25. The summed E-state index contributed by atoms with van der Waals surface area (Å²) < 4.78 is 51.3. The van der Waals surface area contributed by atoms with E-state index in [-0.39, 0.29) is 15.6 Å². The van der Waals surface area contributed by atoms with Gasteiger partial charge in [0.15, 0.2) is 5.82 Å². The molecule has 0 unspecified atom stereocenters. The Kier molecular flexibility index (Phi) is 6.07. The zero-order valence-corrected chi connectivity index (χ0v) is 17.6. The van der Waals surface area contributed by atoms with Crippen LogP contribution in [0, 0.1) is 0 Å². The van der Waals surface area contributed by atoms with Crippen molar-refractivity contribution in [2.24, 2.45) is 4.99 Å². The Balaban J connectivity index is 2.13. The van der Waals surface area contributed by atoms with Crippen LogP contribution in [0.3, 0.4) is 0 Å². The molecule has 9 heteroatoms. The molecule has 0 saturated heterocycles. The molecule has 0 aliphatic heterocycles. The molecule has 0 radical (unpaired) electrons. The summed E-state index contributed by atoms with van der Waals surface area (Å²) in [5.74, 6) is 0.194. The monoisotopic (exact) mass is 478 g/mol. The summed E-state index contributed by atoms with van der Waals surface area (Å²) >= 11 is 3.24. The Morgan fingerprint density at radius 3 is 1.71 bits per heavy atom. The van der Waals surface area contributed by atoms with Crippen LogP contribution < -0.4 is 0 Å². The average molecular weight is 479 g/mol. The van der Waals surface area contributed by atoms with Gasteiger partial charge >= 0.3 is 0 Å². The maximum atomic E-state index is 13.1. The Hall–Kier alpha value is -2.36.